The first-order valence-corrected chi connectivity index (χ1v) is 11.7. The Morgan fingerprint density at radius 3 is 2.84 bits per heavy atom. The zero-order chi connectivity index (χ0) is 21.7. The van der Waals surface area contributed by atoms with Gasteiger partial charge in [0, 0.05) is 43.9 Å². The summed E-state index contributed by atoms with van der Waals surface area (Å²) in [7, 11) is 0. The molecule has 0 saturated carbocycles. The van der Waals surface area contributed by atoms with Gasteiger partial charge in [-0.3, -0.25) is 14.0 Å². The Morgan fingerprint density at radius 2 is 1.91 bits per heavy atom. The Kier molecular flexibility index (Phi) is 4.70. The van der Waals surface area contributed by atoms with Crippen molar-refractivity contribution < 1.29 is 9.59 Å². The first-order valence-electron chi connectivity index (χ1n) is 11.7. The lowest BCUT2D eigenvalue weighted by Crippen LogP contribution is -2.43. The van der Waals surface area contributed by atoms with Crippen LogP contribution in [-0.4, -0.2) is 50.9 Å². The number of aromatic nitrogens is 3. The van der Waals surface area contributed by atoms with Crippen molar-refractivity contribution in [3.05, 3.63) is 59.5 Å². The number of benzene rings is 1. The van der Waals surface area contributed by atoms with E-state index in [0.717, 1.165) is 49.4 Å². The quantitative estimate of drug-likeness (QED) is 0.642. The average molecular weight is 430 g/mol. The molecule has 0 N–H and O–H groups in total. The van der Waals surface area contributed by atoms with Gasteiger partial charge in [-0.15, -0.1) is 10.2 Å². The van der Waals surface area contributed by atoms with E-state index in [1.54, 1.807) is 0 Å². The van der Waals surface area contributed by atoms with E-state index in [0.29, 0.717) is 19.5 Å². The molecule has 2 atom stereocenters. The van der Waals surface area contributed by atoms with Crippen LogP contribution in [0, 0.1) is 5.92 Å². The van der Waals surface area contributed by atoms with Crippen LogP contribution < -0.4 is 4.90 Å². The molecule has 164 valence electrons. The summed E-state index contributed by atoms with van der Waals surface area (Å²) in [5, 5.41) is 8.69. The Morgan fingerprint density at radius 1 is 1.00 bits per heavy atom. The van der Waals surface area contributed by atoms with E-state index in [1.165, 1.54) is 17.5 Å². The maximum Gasteiger partial charge on any atom is 0.228 e. The Bertz CT molecular complexity index is 1200. The van der Waals surface area contributed by atoms with Crippen LogP contribution >= 0.6 is 0 Å². The van der Waals surface area contributed by atoms with Crippen LogP contribution in [0.2, 0.25) is 0 Å². The molecule has 0 bridgehead atoms. The van der Waals surface area contributed by atoms with Crippen molar-refractivity contribution >= 4 is 23.1 Å². The molecule has 1 aromatic carbocycles. The fourth-order valence-electron chi connectivity index (χ4n) is 5.63. The summed E-state index contributed by atoms with van der Waals surface area (Å²) in [6.07, 6.45) is 7.60. The zero-order valence-corrected chi connectivity index (χ0v) is 18.1. The molecular formula is C25H27N5O2. The monoisotopic (exact) mass is 429 g/mol. The Hall–Kier alpha value is -3.22. The third-order valence-electron chi connectivity index (χ3n) is 7.31. The summed E-state index contributed by atoms with van der Waals surface area (Å²) in [5.41, 5.74) is 4.52. The predicted molar refractivity (Wildman–Crippen MR) is 120 cm³/mol. The normalized spacial score (nSPS) is 23.2. The molecule has 7 heteroatoms. The van der Waals surface area contributed by atoms with Crippen LogP contribution in [-0.2, 0) is 22.4 Å². The van der Waals surface area contributed by atoms with Gasteiger partial charge in [-0.05, 0) is 67.5 Å². The lowest BCUT2D eigenvalue weighted by molar-refractivity contribution is -0.137. The molecular weight excluding hydrogens is 402 g/mol. The molecule has 2 unspecified atom stereocenters. The van der Waals surface area contributed by atoms with E-state index < -0.39 is 0 Å². The van der Waals surface area contributed by atoms with Gasteiger partial charge in [-0.2, -0.15) is 0 Å². The predicted octanol–water partition coefficient (Wildman–Crippen LogP) is 2.98. The van der Waals surface area contributed by atoms with Gasteiger partial charge < -0.3 is 9.80 Å². The highest BCUT2D eigenvalue weighted by atomic mass is 16.2. The second-order valence-electron chi connectivity index (χ2n) is 9.32. The van der Waals surface area contributed by atoms with Gasteiger partial charge in [-0.1, -0.05) is 12.1 Å². The first kappa shape index (κ1) is 19.5. The van der Waals surface area contributed by atoms with E-state index in [-0.39, 0.29) is 23.7 Å². The SMILES string of the molecule is O=C(C1CC(=O)N(c2ccc3c(c2)CCC3)C1)N1CCCC(c2nnc3ccccn23)C1. The molecule has 2 aromatic heterocycles. The summed E-state index contributed by atoms with van der Waals surface area (Å²) < 4.78 is 2.02. The summed E-state index contributed by atoms with van der Waals surface area (Å²) in [6.45, 7) is 1.86. The van der Waals surface area contributed by atoms with Gasteiger partial charge in [0.05, 0.1) is 5.92 Å². The first-order chi connectivity index (χ1) is 15.7. The van der Waals surface area contributed by atoms with E-state index in [2.05, 4.69) is 22.3 Å². The standard InChI is InChI=1S/C25H27N5O2/c31-23-14-20(16-30(23)21-10-9-17-5-3-6-18(17)13-21)25(32)28-11-4-7-19(15-28)24-27-26-22-8-1-2-12-29(22)24/h1-2,8-10,12-13,19-20H,3-7,11,14-16H2. The van der Waals surface area contributed by atoms with Gasteiger partial charge in [0.1, 0.15) is 5.82 Å². The van der Waals surface area contributed by atoms with Gasteiger partial charge in [0.25, 0.3) is 0 Å². The van der Waals surface area contributed by atoms with Gasteiger partial charge in [0.2, 0.25) is 11.8 Å². The molecule has 0 spiro atoms. The smallest absolute Gasteiger partial charge is 0.228 e. The highest BCUT2D eigenvalue weighted by molar-refractivity contribution is 6.00. The van der Waals surface area contributed by atoms with Crippen molar-refractivity contribution in [1.29, 1.82) is 0 Å². The second kappa shape index (κ2) is 7.73. The minimum absolute atomic E-state index is 0.0540. The van der Waals surface area contributed by atoms with E-state index in [9.17, 15) is 9.59 Å². The number of fused-ring (bicyclic) bond motifs is 2. The number of carbonyl (C=O) groups excluding carboxylic acids is 2. The number of rotatable bonds is 3. The Labute approximate surface area is 187 Å². The van der Waals surface area contributed by atoms with Crippen molar-refractivity contribution in [1.82, 2.24) is 19.5 Å². The molecule has 3 aliphatic rings. The molecule has 2 aliphatic heterocycles. The number of nitrogens with zero attached hydrogens (tertiary/aromatic N) is 5. The third kappa shape index (κ3) is 3.27. The summed E-state index contributed by atoms with van der Waals surface area (Å²) in [6, 6.07) is 12.2. The van der Waals surface area contributed by atoms with E-state index in [4.69, 9.17) is 0 Å². The van der Waals surface area contributed by atoms with Gasteiger partial charge in [-0.25, -0.2) is 0 Å². The van der Waals surface area contributed by atoms with Crippen LogP contribution in [0.15, 0.2) is 42.6 Å². The summed E-state index contributed by atoms with van der Waals surface area (Å²) in [5.74, 6) is 0.957. The number of carbonyl (C=O) groups is 2. The van der Waals surface area contributed by atoms with Crippen LogP contribution in [0.4, 0.5) is 5.69 Å². The number of pyridine rings is 1. The van der Waals surface area contributed by atoms with E-state index in [1.807, 2.05) is 44.7 Å². The molecule has 3 aromatic rings. The number of hydrogen-bond donors (Lipinski definition) is 0. The number of hydrogen-bond acceptors (Lipinski definition) is 4. The van der Waals surface area contributed by atoms with Crippen LogP contribution in [0.5, 0.6) is 0 Å². The van der Waals surface area contributed by atoms with Gasteiger partial charge >= 0.3 is 0 Å². The van der Waals surface area contributed by atoms with Crippen LogP contribution in [0.1, 0.15) is 48.6 Å². The molecule has 4 heterocycles. The zero-order valence-electron chi connectivity index (χ0n) is 18.1. The number of amides is 2. The number of piperidine rings is 1. The maximum absolute atomic E-state index is 13.4. The number of anilines is 1. The fraction of sp³-hybridized carbons (Fsp3) is 0.440. The second-order valence-corrected chi connectivity index (χ2v) is 9.32. The number of likely N-dealkylation sites (tertiary alicyclic amines) is 1. The Balaban J connectivity index is 1.17. The molecule has 1 aliphatic carbocycles. The van der Waals surface area contributed by atoms with Crippen molar-refractivity contribution in [3.8, 4) is 0 Å². The summed E-state index contributed by atoms with van der Waals surface area (Å²) >= 11 is 0. The highest BCUT2D eigenvalue weighted by Crippen LogP contribution is 2.33. The average Bonchev–Trinajstić information content (AvgIpc) is 3.56. The van der Waals surface area contributed by atoms with Crippen molar-refractivity contribution in [2.45, 2.75) is 44.4 Å². The molecule has 32 heavy (non-hydrogen) atoms. The highest BCUT2D eigenvalue weighted by Gasteiger charge is 2.39. The lowest BCUT2D eigenvalue weighted by atomic mass is 9.95. The fourth-order valence-corrected chi connectivity index (χ4v) is 5.63. The minimum atomic E-state index is -0.273. The van der Waals surface area contributed by atoms with E-state index >= 15 is 0 Å². The van der Waals surface area contributed by atoms with Crippen LogP contribution in [0.3, 0.4) is 0 Å². The number of aryl methyl sites for hydroxylation is 2. The lowest BCUT2D eigenvalue weighted by Gasteiger charge is -2.33. The molecule has 2 amide bonds. The molecule has 2 saturated heterocycles. The molecule has 0 radical (unpaired) electrons. The largest absolute Gasteiger partial charge is 0.342 e. The van der Waals surface area contributed by atoms with Gasteiger partial charge in [0.15, 0.2) is 5.65 Å². The molecule has 7 nitrogen and oxygen atoms in total. The van der Waals surface area contributed by atoms with Crippen molar-refractivity contribution in [2.24, 2.45) is 5.92 Å². The topological polar surface area (TPSA) is 70.8 Å². The summed E-state index contributed by atoms with van der Waals surface area (Å²) in [4.78, 5) is 30.0. The van der Waals surface area contributed by atoms with Crippen molar-refractivity contribution in [3.63, 3.8) is 0 Å². The minimum Gasteiger partial charge on any atom is -0.342 e. The molecule has 6 rings (SSSR count). The molecule has 2 fully saturated rings. The maximum atomic E-state index is 13.4. The third-order valence-corrected chi connectivity index (χ3v) is 7.31. The van der Waals surface area contributed by atoms with Crippen LogP contribution in [0.25, 0.3) is 5.65 Å². The van der Waals surface area contributed by atoms with Crippen molar-refractivity contribution in [2.75, 3.05) is 24.5 Å².